The van der Waals surface area contributed by atoms with Gasteiger partial charge in [-0.25, -0.2) is 0 Å². The van der Waals surface area contributed by atoms with Crippen molar-refractivity contribution < 1.29 is 0 Å². The van der Waals surface area contributed by atoms with E-state index in [0.29, 0.717) is 0 Å². The average molecular weight is 894 g/mol. The van der Waals surface area contributed by atoms with Crippen molar-refractivity contribution in [2.24, 2.45) is 0 Å². The Bertz CT molecular complexity index is 3280. The molecule has 0 radical (unpaired) electrons. The molecule has 1 nitrogen and oxygen atoms in total. The van der Waals surface area contributed by atoms with Crippen LogP contribution in [0.2, 0.25) is 0 Å². The lowest BCUT2D eigenvalue weighted by Gasteiger charge is -2.32. The van der Waals surface area contributed by atoms with Gasteiger partial charge in [0, 0.05) is 27.9 Å². The fraction of sp³-hybridized carbons (Fsp3) is 0.206. The van der Waals surface area contributed by atoms with Gasteiger partial charge in [-0.2, -0.15) is 0 Å². The molecule has 0 saturated heterocycles. The van der Waals surface area contributed by atoms with Crippen molar-refractivity contribution in [2.75, 3.05) is 4.90 Å². The maximum absolute atomic E-state index is 2.51. The lowest BCUT2D eigenvalue weighted by molar-refractivity contribution is 0.590. The molecule has 0 atom stereocenters. The highest BCUT2D eigenvalue weighted by Gasteiger charge is 2.38. The van der Waals surface area contributed by atoms with Crippen molar-refractivity contribution in [1.82, 2.24) is 0 Å². The molecule has 0 fully saturated rings. The van der Waals surface area contributed by atoms with E-state index in [0.717, 1.165) is 17.1 Å². The van der Waals surface area contributed by atoms with Crippen molar-refractivity contribution in [2.45, 2.75) is 90.9 Å². The van der Waals surface area contributed by atoms with Crippen LogP contribution in [0.3, 0.4) is 0 Å². The Labute approximate surface area is 411 Å². The highest BCUT2D eigenvalue weighted by atomic mass is 15.1. The molecule has 0 amide bonds. The molecule has 9 aromatic carbocycles. The van der Waals surface area contributed by atoms with E-state index in [-0.39, 0.29) is 21.7 Å². The zero-order valence-corrected chi connectivity index (χ0v) is 42.0. The van der Waals surface area contributed by atoms with E-state index in [9.17, 15) is 0 Å². The van der Waals surface area contributed by atoms with Crippen molar-refractivity contribution in [3.63, 3.8) is 0 Å². The molecule has 340 valence electrons. The molecule has 11 rings (SSSR count). The van der Waals surface area contributed by atoms with E-state index < -0.39 is 0 Å². The number of nitrogens with zero attached hydrogens (tertiary/aromatic N) is 1. The zero-order chi connectivity index (χ0) is 48.0. The smallest absolute Gasteiger partial charge is 0.0474 e. The van der Waals surface area contributed by atoms with Gasteiger partial charge in [-0.3, -0.25) is 0 Å². The van der Waals surface area contributed by atoms with Crippen LogP contribution in [0.1, 0.15) is 103 Å². The van der Waals surface area contributed by atoms with E-state index in [4.69, 9.17) is 0 Å². The summed E-state index contributed by atoms with van der Waals surface area (Å²) in [4.78, 5) is 2.47. The summed E-state index contributed by atoms with van der Waals surface area (Å²) in [6.45, 7) is 23.6. The van der Waals surface area contributed by atoms with Crippen LogP contribution in [0.15, 0.2) is 200 Å². The van der Waals surface area contributed by atoms with Crippen LogP contribution in [0.4, 0.5) is 17.1 Å². The zero-order valence-electron chi connectivity index (χ0n) is 42.0. The van der Waals surface area contributed by atoms with E-state index in [2.05, 4.69) is 274 Å². The summed E-state index contributed by atoms with van der Waals surface area (Å²) >= 11 is 0. The minimum Gasteiger partial charge on any atom is -0.310 e. The number of fused-ring (bicyclic) bond motifs is 6. The first-order chi connectivity index (χ1) is 33.0. The van der Waals surface area contributed by atoms with Crippen LogP contribution in [0.25, 0.3) is 66.8 Å². The summed E-state index contributed by atoms with van der Waals surface area (Å²) in [5, 5.41) is 0. The maximum Gasteiger partial charge on any atom is 0.0474 e. The summed E-state index contributed by atoms with van der Waals surface area (Å²) in [5.41, 5.74) is 26.4. The van der Waals surface area contributed by atoms with Gasteiger partial charge in [-0.15, -0.1) is 0 Å². The van der Waals surface area contributed by atoms with Crippen LogP contribution in [0, 0.1) is 0 Å². The maximum atomic E-state index is 2.51. The molecule has 1 heteroatoms. The third-order valence-electron chi connectivity index (χ3n) is 15.4. The normalized spacial score (nSPS) is 14.2. The standard InChI is InChI=1S/C68H63N/c1-65(2,3)50-32-24-45(25-33-50)47-28-36-52(37-29-47)69(51-34-26-46(27-35-51)44-18-12-11-13-19-44)53-42-58(48-30-38-56-54-20-14-16-22-60(54)67(7,8)62(56)40-48)64(66(4,5)6)59(43-53)49-31-39-57-55-21-15-17-23-61(55)68(9,10)63(57)41-49/h11-43H,1-10H3. The van der Waals surface area contributed by atoms with E-state index in [1.807, 2.05) is 0 Å². The molecule has 0 N–H and O–H groups in total. The first kappa shape index (κ1) is 44.3. The fourth-order valence-electron chi connectivity index (χ4n) is 11.6. The number of hydrogen-bond acceptors (Lipinski definition) is 1. The third kappa shape index (κ3) is 7.55. The van der Waals surface area contributed by atoms with Gasteiger partial charge >= 0.3 is 0 Å². The SMILES string of the molecule is CC(C)(C)c1ccc(-c2ccc(N(c3ccc(-c4ccccc4)cc3)c3cc(-c4ccc5c(c4)C(C)(C)c4ccccc4-5)c(C(C)(C)C)c(-c4ccc5c(c4)C(C)(C)c4ccccc4-5)c3)cc2)cc1. The third-order valence-corrected chi connectivity index (χ3v) is 15.4. The van der Waals surface area contributed by atoms with E-state index >= 15 is 0 Å². The molecule has 0 spiro atoms. The molecule has 69 heavy (non-hydrogen) atoms. The van der Waals surface area contributed by atoms with Gasteiger partial charge in [0.2, 0.25) is 0 Å². The van der Waals surface area contributed by atoms with E-state index in [1.54, 1.807) is 0 Å². The largest absolute Gasteiger partial charge is 0.310 e. The van der Waals surface area contributed by atoms with Gasteiger partial charge in [0.1, 0.15) is 0 Å². The van der Waals surface area contributed by atoms with E-state index in [1.165, 1.54) is 100 Å². The van der Waals surface area contributed by atoms with Gasteiger partial charge in [-0.05, 0) is 160 Å². The van der Waals surface area contributed by atoms with Gasteiger partial charge in [0.05, 0.1) is 0 Å². The molecule has 0 saturated carbocycles. The Morgan fingerprint density at radius 3 is 1.07 bits per heavy atom. The Kier molecular flexibility index (Phi) is 10.4. The molecule has 0 bridgehead atoms. The quantitative estimate of drug-likeness (QED) is 0.154. The molecule has 0 aliphatic heterocycles. The lowest BCUT2D eigenvalue weighted by atomic mass is 9.75. The second-order valence-electron chi connectivity index (χ2n) is 22.7. The number of hydrogen-bond donors (Lipinski definition) is 0. The topological polar surface area (TPSA) is 3.24 Å². The molecule has 0 aromatic heterocycles. The minimum absolute atomic E-state index is 0.0984. The Morgan fingerprint density at radius 2 is 0.652 bits per heavy atom. The summed E-state index contributed by atoms with van der Waals surface area (Å²) in [6, 6.07) is 75.6. The second-order valence-corrected chi connectivity index (χ2v) is 22.7. The number of benzene rings is 9. The molecular weight excluding hydrogens is 831 g/mol. The van der Waals surface area contributed by atoms with Gasteiger partial charge in [0.25, 0.3) is 0 Å². The number of anilines is 3. The van der Waals surface area contributed by atoms with Crippen LogP contribution in [-0.2, 0) is 21.7 Å². The fourth-order valence-corrected chi connectivity index (χ4v) is 11.6. The van der Waals surface area contributed by atoms with Crippen molar-refractivity contribution in [1.29, 1.82) is 0 Å². The molecule has 0 heterocycles. The van der Waals surface area contributed by atoms with Crippen LogP contribution in [0.5, 0.6) is 0 Å². The van der Waals surface area contributed by atoms with Crippen LogP contribution >= 0.6 is 0 Å². The number of rotatable bonds is 7. The van der Waals surface area contributed by atoms with Crippen molar-refractivity contribution in [3.05, 3.63) is 234 Å². The first-order valence-electron chi connectivity index (χ1n) is 24.8. The van der Waals surface area contributed by atoms with Crippen molar-refractivity contribution >= 4 is 17.1 Å². The lowest BCUT2D eigenvalue weighted by Crippen LogP contribution is -2.18. The van der Waals surface area contributed by atoms with Crippen LogP contribution < -0.4 is 4.90 Å². The van der Waals surface area contributed by atoms with Gasteiger partial charge in [0.15, 0.2) is 0 Å². The molecule has 0 unspecified atom stereocenters. The summed E-state index contributed by atoms with van der Waals surface area (Å²) in [5.74, 6) is 0. The highest BCUT2D eigenvalue weighted by Crippen LogP contribution is 2.54. The molecule has 2 aliphatic rings. The van der Waals surface area contributed by atoms with Gasteiger partial charge in [-0.1, -0.05) is 221 Å². The minimum atomic E-state index is -0.204. The molecular formula is C68H63N. The Morgan fingerprint density at radius 1 is 0.290 bits per heavy atom. The first-order valence-corrected chi connectivity index (χ1v) is 24.8. The summed E-state index contributed by atoms with van der Waals surface area (Å²) in [6.07, 6.45) is 0. The van der Waals surface area contributed by atoms with Gasteiger partial charge < -0.3 is 4.90 Å². The van der Waals surface area contributed by atoms with Crippen molar-refractivity contribution in [3.8, 4) is 66.8 Å². The monoisotopic (exact) mass is 893 g/mol. The predicted octanol–water partition coefficient (Wildman–Crippen LogP) is 19.0. The molecule has 2 aliphatic carbocycles. The molecule has 9 aromatic rings. The van der Waals surface area contributed by atoms with Crippen LogP contribution in [-0.4, -0.2) is 0 Å². The summed E-state index contributed by atoms with van der Waals surface area (Å²) < 4.78 is 0. The highest BCUT2D eigenvalue weighted by molar-refractivity contribution is 5.93. The Balaban J connectivity index is 1.15. The second kappa shape index (κ2) is 16.2. The predicted molar refractivity (Wildman–Crippen MR) is 295 cm³/mol. The average Bonchev–Trinajstić information content (AvgIpc) is 3.72. The Hall–Kier alpha value is -7.22. The summed E-state index contributed by atoms with van der Waals surface area (Å²) in [7, 11) is 0.